The smallest absolute Gasteiger partial charge is 0.254 e. The second kappa shape index (κ2) is 9.50. The van der Waals surface area contributed by atoms with E-state index in [1.54, 1.807) is 7.11 Å². The van der Waals surface area contributed by atoms with Crippen LogP contribution in [0.3, 0.4) is 0 Å². The molecule has 35 heavy (non-hydrogen) atoms. The Balaban J connectivity index is 1.67. The fourth-order valence-corrected chi connectivity index (χ4v) is 4.83. The maximum atomic E-state index is 14.0. The van der Waals surface area contributed by atoms with Gasteiger partial charge < -0.3 is 20.3 Å². The summed E-state index contributed by atoms with van der Waals surface area (Å²) in [5.41, 5.74) is 4.11. The molecule has 2 heterocycles. The maximum absolute atomic E-state index is 14.0. The van der Waals surface area contributed by atoms with Crippen LogP contribution in [0.25, 0.3) is 0 Å². The number of ketones is 1. The molecule has 0 radical (unpaired) electrons. The third kappa shape index (κ3) is 4.19. The fourth-order valence-electron chi connectivity index (χ4n) is 4.83. The van der Waals surface area contributed by atoms with Gasteiger partial charge in [-0.15, -0.1) is 0 Å². The minimum atomic E-state index is -0.547. The lowest BCUT2D eigenvalue weighted by molar-refractivity contribution is -0.113. The predicted molar refractivity (Wildman–Crippen MR) is 136 cm³/mol. The minimum absolute atomic E-state index is 0.0988. The van der Waals surface area contributed by atoms with Crippen molar-refractivity contribution in [1.82, 2.24) is 10.2 Å². The molecule has 3 aromatic rings. The van der Waals surface area contributed by atoms with Crippen LogP contribution in [0, 0.1) is 0 Å². The molecule has 6 nitrogen and oxygen atoms in total. The van der Waals surface area contributed by atoms with Crippen LogP contribution in [-0.4, -0.2) is 36.8 Å². The van der Waals surface area contributed by atoms with Gasteiger partial charge in [-0.05, 0) is 36.8 Å². The Morgan fingerprint density at radius 2 is 1.57 bits per heavy atom. The van der Waals surface area contributed by atoms with Crippen molar-refractivity contribution < 1.29 is 14.3 Å². The number of nitrogens with zero attached hydrogens (tertiary/aromatic N) is 1. The first-order valence-corrected chi connectivity index (χ1v) is 11.6. The van der Waals surface area contributed by atoms with Gasteiger partial charge in [0.05, 0.1) is 12.7 Å². The zero-order chi connectivity index (χ0) is 24.4. The number of ether oxygens (including phenoxy) is 1. The molecule has 1 fully saturated rings. The lowest BCUT2D eigenvalue weighted by Gasteiger charge is -2.35. The number of anilines is 1. The van der Waals surface area contributed by atoms with E-state index in [2.05, 4.69) is 15.5 Å². The number of fused-ring (bicyclic) bond motifs is 1. The number of Topliss-reactive ketones (excluding diaryl/α,β-unsaturated/α-hetero) is 1. The van der Waals surface area contributed by atoms with E-state index in [1.165, 1.54) is 0 Å². The molecule has 1 atom stereocenters. The highest BCUT2D eigenvalue weighted by Crippen LogP contribution is 2.44. The summed E-state index contributed by atoms with van der Waals surface area (Å²) in [6.45, 7) is 3.33. The van der Waals surface area contributed by atoms with E-state index in [0.717, 1.165) is 17.1 Å². The first-order valence-electron chi connectivity index (χ1n) is 11.6. The quantitative estimate of drug-likeness (QED) is 0.516. The summed E-state index contributed by atoms with van der Waals surface area (Å²) in [6.07, 6.45) is 0. The molecule has 3 aromatic carbocycles. The molecular weight excluding hydrogens is 438 g/mol. The molecule has 5 rings (SSSR count). The number of benzene rings is 3. The van der Waals surface area contributed by atoms with Crippen LogP contribution in [0.15, 0.2) is 108 Å². The number of allylic oxidation sites excluding steroid dienone is 2. The lowest BCUT2D eigenvalue weighted by Crippen LogP contribution is -2.36. The Morgan fingerprint density at radius 3 is 2.23 bits per heavy atom. The van der Waals surface area contributed by atoms with Crippen LogP contribution >= 0.6 is 0 Å². The van der Waals surface area contributed by atoms with E-state index in [1.807, 2.05) is 91.9 Å². The van der Waals surface area contributed by atoms with E-state index in [9.17, 15) is 9.59 Å². The van der Waals surface area contributed by atoms with Gasteiger partial charge >= 0.3 is 0 Å². The van der Waals surface area contributed by atoms with Gasteiger partial charge in [0.2, 0.25) is 0 Å². The lowest BCUT2D eigenvalue weighted by atomic mass is 9.77. The zero-order valence-electron chi connectivity index (χ0n) is 19.7. The van der Waals surface area contributed by atoms with Crippen LogP contribution in [0.1, 0.15) is 28.8 Å². The van der Waals surface area contributed by atoms with Crippen molar-refractivity contribution in [3.05, 3.63) is 119 Å². The highest BCUT2D eigenvalue weighted by Gasteiger charge is 2.42. The van der Waals surface area contributed by atoms with Crippen LogP contribution in [0.4, 0.5) is 5.69 Å². The first-order chi connectivity index (χ1) is 17.1. The molecule has 2 aliphatic heterocycles. The third-order valence-electron chi connectivity index (χ3n) is 6.53. The molecule has 0 bridgehead atoms. The van der Waals surface area contributed by atoms with Crippen molar-refractivity contribution >= 4 is 17.4 Å². The summed E-state index contributed by atoms with van der Waals surface area (Å²) < 4.78 is 5.35. The number of nitrogens with one attached hydrogen (secondary N) is 2. The topological polar surface area (TPSA) is 70.7 Å². The first kappa shape index (κ1) is 22.5. The largest absolute Gasteiger partial charge is 0.497 e. The molecule has 0 saturated carbocycles. The second-order valence-corrected chi connectivity index (χ2v) is 8.56. The summed E-state index contributed by atoms with van der Waals surface area (Å²) >= 11 is 0. The standard InChI is InChI=1S/C29H27N3O3/c1-19-24(29(34)31-22-11-7-4-8-12-22)25(20-13-15-23(35-2)16-14-20)26(28-30-17-18-32(19)28)27(33)21-9-5-3-6-10-21/h3-16,25,30H,17-18H2,1-2H3,(H,31,34). The van der Waals surface area contributed by atoms with Gasteiger partial charge in [-0.3, -0.25) is 9.59 Å². The Kier molecular flexibility index (Phi) is 6.10. The van der Waals surface area contributed by atoms with Gasteiger partial charge in [0.1, 0.15) is 11.6 Å². The van der Waals surface area contributed by atoms with Gasteiger partial charge in [-0.25, -0.2) is 0 Å². The summed E-state index contributed by atoms with van der Waals surface area (Å²) in [5, 5.41) is 6.46. The van der Waals surface area contributed by atoms with E-state index in [4.69, 9.17) is 4.74 Å². The summed E-state index contributed by atoms with van der Waals surface area (Å²) in [6, 6.07) is 26.2. The van der Waals surface area contributed by atoms with Gasteiger partial charge in [0.15, 0.2) is 5.78 Å². The van der Waals surface area contributed by atoms with Crippen molar-refractivity contribution in [1.29, 1.82) is 0 Å². The van der Waals surface area contributed by atoms with Crippen LogP contribution in [0.5, 0.6) is 5.75 Å². The van der Waals surface area contributed by atoms with E-state index in [0.29, 0.717) is 41.2 Å². The molecule has 176 valence electrons. The zero-order valence-corrected chi connectivity index (χ0v) is 19.7. The Hall–Kier alpha value is -4.32. The molecule has 1 saturated heterocycles. The maximum Gasteiger partial charge on any atom is 0.254 e. The van der Waals surface area contributed by atoms with Crippen LogP contribution in [0.2, 0.25) is 0 Å². The number of rotatable bonds is 6. The summed E-state index contributed by atoms with van der Waals surface area (Å²) in [4.78, 5) is 29.8. The van der Waals surface area contributed by atoms with Crippen LogP contribution < -0.4 is 15.4 Å². The van der Waals surface area contributed by atoms with Crippen molar-refractivity contribution in [3.8, 4) is 5.75 Å². The van der Waals surface area contributed by atoms with Gasteiger partial charge in [0, 0.05) is 41.5 Å². The Morgan fingerprint density at radius 1 is 0.914 bits per heavy atom. The molecule has 1 amide bonds. The summed E-state index contributed by atoms with van der Waals surface area (Å²) in [7, 11) is 1.62. The van der Waals surface area contributed by atoms with Crippen molar-refractivity contribution in [2.45, 2.75) is 12.8 Å². The molecule has 6 heteroatoms. The SMILES string of the molecule is COc1ccc(C2C(C(=O)Nc3ccccc3)=C(C)N3CCNC3=C2C(=O)c2ccccc2)cc1. The fraction of sp³-hybridized carbons (Fsp3) is 0.172. The minimum Gasteiger partial charge on any atom is -0.497 e. The normalized spacial score (nSPS) is 17.1. The number of methoxy groups -OCH3 is 1. The average Bonchev–Trinajstić information content (AvgIpc) is 3.39. The molecular formula is C29H27N3O3. The van der Waals surface area contributed by atoms with E-state index in [-0.39, 0.29) is 11.7 Å². The van der Waals surface area contributed by atoms with Crippen LogP contribution in [-0.2, 0) is 4.79 Å². The van der Waals surface area contributed by atoms with E-state index >= 15 is 0 Å². The molecule has 0 aliphatic carbocycles. The van der Waals surface area contributed by atoms with Gasteiger partial charge in [0.25, 0.3) is 5.91 Å². The Labute approximate surface area is 204 Å². The Bertz CT molecular complexity index is 1310. The molecule has 0 spiro atoms. The number of hydrogen-bond donors (Lipinski definition) is 2. The number of para-hydroxylation sites is 1. The van der Waals surface area contributed by atoms with Crippen molar-refractivity contribution in [2.75, 3.05) is 25.5 Å². The van der Waals surface area contributed by atoms with Crippen molar-refractivity contribution in [3.63, 3.8) is 0 Å². The highest BCUT2D eigenvalue weighted by atomic mass is 16.5. The summed E-state index contributed by atoms with van der Waals surface area (Å²) in [5.74, 6) is 0.615. The highest BCUT2D eigenvalue weighted by molar-refractivity contribution is 6.14. The number of amides is 1. The second-order valence-electron chi connectivity index (χ2n) is 8.56. The van der Waals surface area contributed by atoms with Gasteiger partial charge in [-0.2, -0.15) is 0 Å². The molecule has 1 unspecified atom stereocenters. The monoisotopic (exact) mass is 465 g/mol. The van der Waals surface area contributed by atoms with E-state index < -0.39 is 5.92 Å². The van der Waals surface area contributed by atoms with Crippen molar-refractivity contribution in [2.24, 2.45) is 0 Å². The molecule has 2 N–H and O–H groups in total. The molecule has 2 aliphatic rings. The number of carbonyl (C=O) groups is 2. The number of hydrogen-bond acceptors (Lipinski definition) is 5. The number of carbonyl (C=O) groups excluding carboxylic acids is 2. The molecule has 0 aromatic heterocycles. The van der Waals surface area contributed by atoms with Gasteiger partial charge in [-0.1, -0.05) is 60.7 Å². The predicted octanol–water partition coefficient (Wildman–Crippen LogP) is 4.70. The third-order valence-corrected chi connectivity index (χ3v) is 6.53. The average molecular weight is 466 g/mol.